The van der Waals surface area contributed by atoms with E-state index in [2.05, 4.69) is 10.1 Å². The zero-order valence-electron chi connectivity index (χ0n) is 16.3. The Morgan fingerprint density at radius 2 is 1.83 bits per heavy atom. The normalized spacial score (nSPS) is 21.2. The fourth-order valence-corrected chi connectivity index (χ4v) is 4.88. The molecule has 2 fully saturated rings. The first-order valence-corrected chi connectivity index (χ1v) is 11.0. The first kappa shape index (κ1) is 22.4. The van der Waals surface area contributed by atoms with E-state index in [4.69, 9.17) is 4.74 Å². The smallest absolute Gasteiger partial charge is 0.491 e. The number of hydrogen-bond acceptors (Lipinski definition) is 5. The van der Waals surface area contributed by atoms with Gasteiger partial charge in [-0.1, -0.05) is 6.42 Å². The standard InChI is InChI=1S/C19H23F3N2O5S/c1-28-17(18(25)23-13-5-6-13)12-14-4-2-3-11-24(14)30(26,27)16-9-7-15(8-10-16)29-19(20,21)22/h7-10,12-14H,2-6,11H2,1H3,(H,23,25). The van der Waals surface area contributed by atoms with Crippen molar-refractivity contribution in [2.24, 2.45) is 0 Å². The monoisotopic (exact) mass is 448 g/mol. The highest BCUT2D eigenvalue weighted by Crippen LogP contribution is 2.29. The van der Waals surface area contributed by atoms with E-state index in [1.54, 1.807) is 0 Å². The van der Waals surface area contributed by atoms with Gasteiger partial charge in [-0.25, -0.2) is 8.42 Å². The van der Waals surface area contributed by atoms with Crippen molar-refractivity contribution in [2.45, 2.75) is 55.4 Å². The van der Waals surface area contributed by atoms with Crippen molar-refractivity contribution in [3.8, 4) is 5.75 Å². The van der Waals surface area contributed by atoms with Gasteiger partial charge in [-0.05, 0) is 56.0 Å². The van der Waals surface area contributed by atoms with E-state index in [9.17, 15) is 26.4 Å². The molecule has 1 saturated carbocycles. The average Bonchev–Trinajstić information content (AvgIpc) is 3.49. The first-order chi connectivity index (χ1) is 14.1. The minimum absolute atomic E-state index is 0.0444. The Labute approximate surface area is 172 Å². The van der Waals surface area contributed by atoms with Gasteiger partial charge in [0.1, 0.15) is 5.75 Å². The number of piperidine rings is 1. The van der Waals surface area contributed by atoms with Gasteiger partial charge in [0.15, 0.2) is 5.76 Å². The molecule has 1 saturated heterocycles. The molecule has 166 valence electrons. The first-order valence-electron chi connectivity index (χ1n) is 9.54. The number of alkyl halides is 3. The summed E-state index contributed by atoms with van der Waals surface area (Å²) in [6.07, 6.45) is 0.345. The molecule has 1 heterocycles. The molecule has 0 bridgehead atoms. The minimum Gasteiger partial charge on any atom is -0.491 e. The summed E-state index contributed by atoms with van der Waals surface area (Å²) in [5, 5.41) is 2.80. The highest BCUT2D eigenvalue weighted by molar-refractivity contribution is 7.89. The second-order valence-electron chi connectivity index (χ2n) is 7.18. The van der Waals surface area contributed by atoms with Crippen LogP contribution >= 0.6 is 0 Å². The third-order valence-electron chi connectivity index (χ3n) is 4.86. The molecule has 1 aromatic carbocycles. The third-order valence-corrected chi connectivity index (χ3v) is 6.80. The van der Waals surface area contributed by atoms with Crippen molar-refractivity contribution in [3.05, 3.63) is 36.1 Å². The summed E-state index contributed by atoms with van der Waals surface area (Å²) >= 11 is 0. The average molecular weight is 448 g/mol. The van der Waals surface area contributed by atoms with Gasteiger partial charge in [0, 0.05) is 18.6 Å². The number of nitrogens with one attached hydrogen (secondary N) is 1. The largest absolute Gasteiger partial charge is 0.573 e. The summed E-state index contributed by atoms with van der Waals surface area (Å²) in [5.74, 6) is -0.852. The number of rotatable bonds is 7. The molecule has 1 atom stereocenters. The number of benzene rings is 1. The number of sulfonamides is 1. The molecular formula is C19H23F3N2O5S. The number of carbonyl (C=O) groups excluding carboxylic acids is 1. The molecule has 30 heavy (non-hydrogen) atoms. The predicted molar refractivity (Wildman–Crippen MR) is 101 cm³/mol. The van der Waals surface area contributed by atoms with Gasteiger partial charge in [-0.2, -0.15) is 4.31 Å². The Morgan fingerprint density at radius 1 is 1.17 bits per heavy atom. The number of nitrogens with zero attached hydrogens (tertiary/aromatic N) is 1. The Balaban J connectivity index is 1.81. The maximum Gasteiger partial charge on any atom is 0.573 e. The lowest BCUT2D eigenvalue weighted by Crippen LogP contribution is -2.43. The number of hydrogen-bond donors (Lipinski definition) is 1. The number of carbonyl (C=O) groups is 1. The predicted octanol–water partition coefficient (Wildman–Crippen LogP) is 2.94. The van der Waals surface area contributed by atoms with Gasteiger partial charge in [-0.15, -0.1) is 13.2 Å². The maximum absolute atomic E-state index is 13.1. The summed E-state index contributed by atoms with van der Waals surface area (Å²) in [5.41, 5.74) is 0. The molecule has 0 radical (unpaired) electrons. The third kappa shape index (κ3) is 5.66. The van der Waals surface area contributed by atoms with E-state index < -0.39 is 34.1 Å². The summed E-state index contributed by atoms with van der Waals surface area (Å²) in [6, 6.07) is 3.58. The molecule has 0 aromatic heterocycles. The topological polar surface area (TPSA) is 84.9 Å². The molecule has 2 aliphatic rings. The molecule has 1 N–H and O–H groups in total. The quantitative estimate of drug-likeness (QED) is 0.512. The molecule has 0 spiro atoms. The lowest BCUT2D eigenvalue weighted by molar-refractivity contribution is -0.274. The van der Waals surface area contributed by atoms with Crippen LogP contribution in [0.25, 0.3) is 0 Å². The second kappa shape index (κ2) is 8.84. The molecule has 7 nitrogen and oxygen atoms in total. The van der Waals surface area contributed by atoms with Crippen molar-refractivity contribution in [3.63, 3.8) is 0 Å². The van der Waals surface area contributed by atoms with Crippen molar-refractivity contribution in [2.75, 3.05) is 13.7 Å². The number of halogens is 3. The number of amides is 1. The summed E-state index contributed by atoms with van der Waals surface area (Å²) in [6.45, 7) is 0.228. The van der Waals surface area contributed by atoms with Gasteiger partial charge >= 0.3 is 6.36 Å². The molecule has 1 aliphatic heterocycles. The van der Waals surface area contributed by atoms with Crippen LogP contribution in [0, 0.1) is 0 Å². The van der Waals surface area contributed by atoms with Crippen LogP contribution in [0.3, 0.4) is 0 Å². The van der Waals surface area contributed by atoms with Crippen LogP contribution < -0.4 is 10.1 Å². The highest BCUT2D eigenvalue weighted by atomic mass is 32.2. The van der Waals surface area contributed by atoms with E-state index in [0.29, 0.717) is 12.8 Å². The molecule has 1 aliphatic carbocycles. The van der Waals surface area contributed by atoms with Crippen LogP contribution in [0.4, 0.5) is 13.2 Å². The van der Waals surface area contributed by atoms with Crippen molar-refractivity contribution >= 4 is 15.9 Å². The molecule has 3 rings (SSSR count). The van der Waals surface area contributed by atoms with Crippen LogP contribution in [0.5, 0.6) is 5.75 Å². The van der Waals surface area contributed by atoms with E-state index in [0.717, 1.165) is 43.5 Å². The van der Waals surface area contributed by atoms with Crippen molar-refractivity contribution in [1.82, 2.24) is 9.62 Å². The minimum atomic E-state index is -4.86. The fraction of sp³-hybridized carbons (Fsp3) is 0.526. The molecular weight excluding hydrogens is 425 g/mol. The number of methoxy groups -OCH3 is 1. The van der Waals surface area contributed by atoms with Crippen LogP contribution in [0.1, 0.15) is 32.1 Å². The summed E-state index contributed by atoms with van der Waals surface area (Å²) < 4.78 is 73.4. The molecule has 1 aromatic rings. The maximum atomic E-state index is 13.1. The van der Waals surface area contributed by atoms with E-state index in [1.807, 2.05) is 0 Å². The lowest BCUT2D eigenvalue weighted by atomic mass is 10.0. The molecule has 1 amide bonds. The fourth-order valence-electron chi connectivity index (χ4n) is 3.24. The van der Waals surface area contributed by atoms with E-state index in [1.165, 1.54) is 17.5 Å². The zero-order chi connectivity index (χ0) is 21.9. The van der Waals surface area contributed by atoms with Crippen LogP contribution in [-0.2, 0) is 19.6 Å². The number of ether oxygens (including phenoxy) is 2. The Kier molecular flexibility index (Phi) is 6.61. The molecule has 1 unspecified atom stereocenters. The van der Waals surface area contributed by atoms with Gasteiger partial charge in [0.2, 0.25) is 10.0 Å². The van der Waals surface area contributed by atoms with Crippen molar-refractivity contribution in [1.29, 1.82) is 0 Å². The highest BCUT2D eigenvalue weighted by Gasteiger charge is 2.35. The lowest BCUT2D eigenvalue weighted by Gasteiger charge is -2.33. The van der Waals surface area contributed by atoms with Gasteiger partial charge < -0.3 is 14.8 Å². The summed E-state index contributed by atoms with van der Waals surface area (Å²) in [4.78, 5) is 12.1. The van der Waals surface area contributed by atoms with Crippen LogP contribution in [0.2, 0.25) is 0 Å². The van der Waals surface area contributed by atoms with Gasteiger partial charge in [0.05, 0.1) is 12.0 Å². The zero-order valence-corrected chi connectivity index (χ0v) is 17.1. The Hall–Kier alpha value is -2.27. The van der Waals surface area contributed by atoms with E-state index >= 15 is 0 Å². The SMILES string of the molecule is COC(=CC1CCCCN1S(=O)(=O)c1ccc(OC(F)(F)F)cc1)C(=O)NC1CC1. The van der Waals surface area contributed by atoms with Gasteiger partial charge in [-0.3, -0.25) is 4.79 Å². The summed E-state index contributed by atoms with van der Waals surface area (Å²) in [7, 11) is -2.65. The Bertz CT molecular complexity index is 896. The van der Waals surface area contributed by atoms with Gasteiger partial charge in [0.25, 0.3) is 5.91 Å². The van der Waals surface area contributed by atoms with Crippen LogP contribution in [0.15, 0.2) is 41.0 Å². The molecule has 11 heteroatoms. The Morgan fingerprint density at radius 3 is 2.40 bits per heavy atom. The van der Waals surface area contributed by atoms with Crippen molar-refractivity contribution < 1.29 is 35.9 Å². The van der Waals surface area contributed by atoms with Crippen LogP contribution in [-0.4, -0.2) is 50.7 Å². The van der Waals surface area contributed by atoms with E-state index in [-0.39, 0.29) is 23.2 Å². The second-order valence-corrected chi connectivity index (χ2v) is 9.07.